The van der Waals surface area contributed by atoms with Gasteiger partial charge in [-0.3, -0.25) is 0 Å². The fraction of sp³-hybridized carbons (Fsp3) is 0.0417. The summed E-state index contributed by atoms with van der Waals surface area (Å²) in [5, 5.41) is 10.4. The molecule has 0 spiro atoms. The van der Waals surface area contributed by atoms with Crippen molar-refractivity contribution >= 4 is 85.3 Å². The second kappa shape index (κ2) is 9.93. The second-order valence-electron chi connectivity index (χ2n) is 7.01. The zero-order valence-corrected chi connectivity index (χ0v) is 20.4. The highest BCUT2D eigenvalue weighted by molar-refractivity contribution is 14.1. The normalized spacial score (nSPS) is 11.5. The van der Waals surface area contributed by atoms with Crippen molar-refractivity contribution in [3.05, 3.63) is 92.7 Å². The van der Waals surface area contributed by atoms with Crippen LogP contribution in [0.2, 0.25) is 0 Å². The van der Waals surface area contributed by atoms with Crippen LogP contribution in [0.4, 0.5) is 17.3 Å². The van der Waals surface area contributed by atoms with Crippen molar-refractivity contribution in [1.82, 2.24) is 0 Å². The van der Waals surface area contributed by atoms with Gasteiger partial charge in [0, 0.05) is 39.1 Å². The molecule has 0 aliphatic carbocycles. The fourth-order valence-corrected chi connectivity index (χ4v) is 6.74. The van der Waals surface area contributed by atoms with Gasteiger partial charge in [-0.1, -0.05) is 78.9 Å². The number of hydrogen-bond donors (Lipinski definition) is 0. The Morgan fingerprint density at radius 2 is 1.28 bits per heavy atom. The molecule has 0 unspecified atom stereocenters. The Morgan fingerprint density at radius 3 is 2.00 bits per heavy atom. The number of benzene rings is 4. The Labute approximate surface area is 204 Å². The predicted molar refractivity (Wildman–Crippen MR) is 140 cm³/mol. The first-order chi connectivity index (χ1) is 15.3. The van der Waals surface area contributed by atoms with Gasteiger partial charge >= 0.3 is 7.25 Å². The lowest BCUT2D eigenvalue weighted by Crippen LogP contribution is -2.02. The van der Waals surface area contributed by atoms with E-state index < -0.39 is 7.25 Å². The molecule has 5 rings (SSSR count). The van der Waals surface area contributed by atoms with Gasteiger partial charge in [0.25, 0.3) is 2.88 Å². The van der Waals surface area contributed by atoms with Crippen LogP contribution in [0.25, 0.3) is 32.3 Å². The number of thioether (sulfide) groups is 1. The third kappa shape index (κ3) is 5.53. The summed E-state index contributed by atoms with van der Waals surface area (Å²) in [4.78, 5) is 1.40. The van der Waals surface area contributed by atoms with Crippen molar-refractivity contribution in [1.29, 1.82) is 0 Å². The van der Waals surface area contributed by atoms with Crippen molar-refractivity contribution in [3.63, 3.8) is 0 Å². The lowest BCUT2D eigenvalue weighted by Gasteiger charge is -2.08. The Kier molecular flexibility index (Phi) is 7.22. The second-order valence-corrected chi connectivity index (χ2v) is 10.7. The third-order valence-electron chi connectivity index (χ3n) is 4.93. The van der Waals surface area contributed by atoms with Gasteiger partial charge in [-0.2, -0.15) is 0 Å². The number of fused-ring (bicyclic) bond motifs is 4. The van der Waals surface area contributed by atoms with Gasteiger partial charge in [-0.25, -0.2) is 0 Å². The monoisotopic (exact) mass is 582 g/mol. The SMILES string of the molecule is F[B-](F)(F)F.Ic1[s+]cc2c(ccc3ccccc32)c1SCc1cccc2ccccc12. The summed E-state index contributed by atoms with van der Waals surface area (Å²) in [6, 6.07) is 28.5. The number of hydrogen-bond acceptors (Lipinski definition) is 1. The summed E-state index contributed by atoms with van der Waals surface area (Å²) in [7, 11) is -6.00. The molecule has 1 aromatic heterocycles. The van der Waals surface area contributed by atoms with Crippen LogP contribution in [-0.2, 0) is 5.75 Å². The fourth-order valence-electron chi connectivity index (χ4n) is 3.59. The minimum absolute atomic E-state index is 0.982. The maximum absolute atomic E-state index is 9.75. The lowest BCUT2D eigenvalue weighted by molar-refractivity contribution is 0.368. The van der Waals surface area contributed by atoms with E-state index in [1.165, 1.54) is 45.7 Å². The molecule has 8 heteroatoms. The summed E-state index contributed by atoms with van der Waals surface area (Å²) in [6.45, 7) is 0. The summed E-state index contributed by atoms with van der Waals surface area (Å²) in [5.41, 5.74) is 1.40. The Balaban J connectivity index is 0.000000444. The molecule has 5 aromatic rings. The third-order valence-corrected chi connectivity index (χ3v) is 8.66. The Hall–Kier alpha value is -1.91. The largest absolute Gasteiger partial charge is 0.673 e. The van der Waals surface area contributed by atoms with Crippen molar-refractivity contribution in [2.24, 2.45) is 0 Å². The molecule has 0 radical (unpaired) electrons. The molecule has 0 nitrogen and oxygen atoms in total. The molecule has 0 atom stereocenters. The Morgan fingerprint density at radius 1 is 0.688 bits per heavy atom. The van der Waals surface area contributed by atoms with Crippen molar-refractivity contribution in [2.75, 3.05) is 0 Å². The first-order valence-electron chi connectivity index (χ1n) is 9.70. The summed E-state index contributed by atoms with van der Waals surface area (Å²) < 4.78 is 40.4. The van der Waals surface area contributed by atoms with Crippen LogP contribution in [0.1, 0.15) is 5.56 Å². The van der Waals surface area contributed by atoms with Gasteiger partial charge in [0.1, 0.15) is 0 Å². The van der Waals surface area contributed by atoms with Crippen molar-refractivity contribution in [3.8, 4) is 0 Å². The molecule has 162 valence electrons. The smallest absolute Gasteiger partial charge is 0.418 e. The van der Waals surface area contributed by atoms with Gasteiger partial charge in [0.15, 0.2) is 0 Å². The van der Waals surface area contributed by atoms with E-state index >= 15 is 0 Å². The molecule has 0 fully saturated rings. The van der Waals surface area contributed by atoms with Crippen LogP contribution in [0.5, 0.6) is 0 Å². The highest BCUT2D eigenvalue weighted by Crippen LogP contribution is 2.39. The van der Waals surface area contributed by atoms with Gasteiger partial charge in [0.05, 0.1) is 4.90 Å². The van der Waals surface area contributed by atoms with E-state index in [1.807, 2.05) is 23.1 Å². The topological polar surface area (TPSA) is 0 Å². The van der Waals surface area contributed by atoms with E-state index in [9.17, 15) is 17.3 Å². The maximum atomic E-state index is 9.75. The molecule has 1 heterocycles. The van der Waals surface area contributed by atoms with E-state index in [-0.39, 0.29) is 0 Å². The molecule has 0 amide bonds. The maximum Gasteiger partial charge on any atom is 0.673 e. The zero-order chi connectivity index (χ0) is 22.7. The van der Waals surface area contributed by atoms with E-state index in [1.54, 1.807) is 0 Å². The van der Waals surface area contributed by atoms with Crippen LogP contribution in [-0.4, -0.2) is 7.25 Å². The highest BCUT2D eigenvalue weighted by atomic mass is 127. The molecule has 4 aromatic carbocycles. The lowest BCUT2D eigenvalue weighted by atomic mass is 10.1. The number of halogens is 5. The van der Waals surface area contributed by atoms with Gasteiger partial charge in [-0.05, 0) is 27.1 Å². The summed E-state index contributed by atoms with van der Waals surface area (Å²) >= 11 is 6.29. The number of rotatable bonds is 3. The van der Waals surface area contributed by atoms with Gasteiger partial charge in [0.2, 0.25) is 16.7 Å². The molecule has 0 saturated heterocycles. The Bertz CT molecular complexity index is 1390. The quantitative estimate of drug-likeness (QED) is 0.0510. The average Bonchev–Trinajstić information content (AvgIpc) is 2.77. The van der Waals surface area contributed by atoms with Crippen LogP contribution >= 0.6 is 45.7 Å². The molecule has 32 heavy (non-hydrogen) atoms. The molecule has 0 aliphatic heterocycles. The zero-order valence-electron chi connectivity index (χ0n) is 16.6. The van der Waals surface area contributed by atoms with Crippen LogP contribution in [0, 0.1) is 2.88 Å². The minimum atomic E-state index is -6.00. The molecule has 0 N–H and O–H groups in total. The van der Waals surface area contributed by atoms with Gasteiger partial charge in [-0.15, -0.1) is 11.8 Å². The first-order valence-corrected chi connectivity index (χ1v) is 12.6. The predicted octanol–water partition coefficient (Wildman–Crippen LogP) is 9.69. The standard InChI is InChI=1S/C24H16IS2.BF4/c25-24-23(26-14-18-9-5-8-16-6-1-3-10-19(16)18)21-13-12-17-7-2-4-11-20(17)22(21)15-27-24;2-1(3,4)5/h1-13,15H,14H2;/q+1;-1. The minimum Gasteiger partial charge on any atom is -0.418 e. The van der Waals surface area contributed by atoms with Crippen LogP contribution in [0.15, 0.2) is 89.1 Å². The molecule has 0 bridgehead atoms. The van der Waals surface area contributed by atoms with E-state index in [0.29, 0.717) is 0 Å². The van der Waals surface area contributed by atoms with Crippen LogP contribution in [0.3, 0.4) is 0 Å². The molecular formula is C24H16BF4IS2. The average molecular weight is 582 g/mol. The highest BCUT2D eigenvalue weighted by Gasteiger charge is 2.20. The van der Waals surface area contributed by atoms with Gasteiger partial charge < -0.3 is 17.3 Å². The summed E-state index contributed by atoms with van der Waals surface area (Å²) in [6.07, 6.45) is 0. The van der Waals surface area contributed by atoms with Crippen molar-refractivity contribution in [2.45, 2.75) is 10.6 Å². The van der Waals surface area contributed by atoms with Crippen LogP contribution < -0.4 is 0 Å². The van der Waals surface area contributed by atoms with E-state index in [2.05, 4.69) is 107 Å². The van der Waals surface area contributed by atoms with Crippen molar-refractivity contribution < 1.29 is 17.3 Å². The summed E-state index contributed by atoms with van der Waals surface area (Å²) in [5.74, 6) is 0.982. The first kappa shape index (κ1) is 23.3. The molecule has 0 aliphatic rings. The molecule has 0 saturated carbocycles. The van der Waals surface area contributed by atoms with E-state index in [0.717, 1.165) is 5.75 Å². The molecular weight excluding hydrogens is 566 g/mol. The van der Waals surface area contributed by atoms with E-state index in [4.69, 9.17) is 0 Å².